The molecular weight excluding hydrogens is 188 g/mol. The molecule has 1 fully saturated rings. The van der Waals surface area contributed by atoms with E-state index in [1.807, 2.05) is 0 Å². The molecule has 80 valence electrons. The van der Waals surface area contributed by atoms with Crippen molar-refractivity contribution in [3.05, 3.63) is 23.8 Å². The van der Waals surface area contributed by atoms with Gasteiger partial charge >= 0.3 is 0 Å². The second-order valence-corrected chi connectivity index (χ2v) is 4.46. The summed E-state index contributed by atoms with van der Waals surface area (Å²) in [5, 5.41) is 0. The zero-order chi connectivity index (χ0) is 10.7. The largest absolute Gasteiger partial charge is 0.298 e. The quantitative estimate of drug-likeness (QED) is 0.695. The number of aromatic nitrogens is 2. The molecule has 0 spiro atoms. The van der Waals surface area contributed by atoms with Gasteiger partial charge in [-0.05, 0) is 18.8 Å². The van der Waals surface area contributed by atoms with Gasteiger partial charge in [-0.1, -0.05) is 19.8 Å². The second kappa shape index (κ2) is 4.51. The van der Waals surface area contributed by atoms with Crippen molar-refractivity contribution in [1.82, 2.24) is 9.97 Å². The lowest BCUT2D eigenvalue weighted by Gasteiger charge is -2.25. The van der Waals surface area contributed by atoms with Crippen LogP contribution in [0.15, 0.2) is 12.4 Å². The molecule has 1 heterocycles. The minimum Gasteiger partial charge on any atom is -0.298 e. The Morgan fingerprint density at radius 3 is 2.67 bits per heavy atom. The maximum atomic E-state index is 10.5. The summed E-state index contributed by atoms with van der Waals surface area (Å²) in [6.07, 6.45) is 8.98. The van der Waals surface area contributed by atoms with E-state index >= 15 is 0 Å². The number of rotatable bonds is 2. The fraction of sp³-hybridized carbons (Fsp3) is 0.583. The molecule has 0 N–H and O–H groups in total. The lowest BCUT2D eigenvalue weighted by Crippen LogP contribution is -2.14. The molecule has 1 aromatic rings. The molecule has 2 unspecified atom stereocenters. The van der Waals surface area contributed by atoms with E-state index < -0.39 is 0 Å². The molecular formula is C12H16N2O. The standard InChI is InChI=1S/C12H16N2O/c1-9-3-2-4-11(5-9)12-13-6-10(8-15)7-14-12/h6-9,11H,2-5H2,1H3. The molecule has 2 atom stereocenters. The van der Waals surface area contributed by atoms with Crippen LogP contribution in [0.3, 0.4) is 0 Å². The highest BCUT2D eigenvalue weighted by atomic mass is 16.1. The third-order valence-corrected chi connectivity index (χ3v) is 3.13. The molecule has 0 bridgehead atoms. The highest BCUT2D eigenvalue weighted by Crippen LogP contribution is 2.33. The predicted molar refractivity (Wildman–Crippen MR) is 57.8 cm³/mol. The zero-order valence-corrected chi connectivity index (χ0v) is 9.02. The van der Waals surface area contributed by atoms with Gasteiger partial charge in [-0.15, -0.1) is 0 Å². The van der Waals surface area contributed by atoms with E-state index in [0.29, 0.717) is 11.5 Å². The van der Waals surface area contributed by atoms with Gasteiger partial charge in [0.15, 0.2) is 6.29 Å². The van der Waals surface area contributed by atoms with Crippen molar-refractivity contribution in [1.29, 1.82) is 0 Å². The summed E-state index contributed by atoms with van der Waals surface area (Å²) in [6, 6.07) is 0. The minimum absolute atomic E-state index is 0.495. The minimum atomic E-state index is 0.495. The Bertz CT molecular complexity index is 334. The SMILES string of the molecule is CC1CCCC(c2ncc(C=O)cn2)C1. The number of hydrogen-bond acceptors (Lipinski definition) is 3. The van der Waals surface area contributed by atoms with Crippen LogP contribution in [0, 0.1) is 5.92 Å². The van der Waals surface area contributed by atoms with E-state index in [1.165, 1.54) is 25.7 Å². The Kier molecular flexibility index (Phi) is 3.09. The van der Waals surface area contributed by atoms with Gasteiger partial charge in [0.2, 0.25) is 0 Å². The van der Waals surface area contributed by atoms with Crippen molar-refractivity contribution in [3.63, 3.8) is 0 Å². The molecule has 0 radical (unpaired) electrons. The lowest BCUT2D eigenvalue weighted by atomic mass is 9.82. The summed E-state index contributed by atoms with van der Waals surface area (Å²) in [6.45, 7) is 2.28. The summed E-state index contributed by atoms with van der Waals surface area (Å²) >= 11 is 0. The smallest absolute Gasteiger partial charge is 0.153 e. The van der Waals surface area contributed by atoms with E-state index in [0.717, 1.165) is 18.0 Å². The molecule has 1 aliphatic rings. The van der Waals surface area contributed by atoms with Gasteiger partial charge in [-0.25, -0.2) is 9.97 Å². The van der Waals surface area contributed by atoms with Crippen LogP contribution in [0.2, 0.25) is 0 Å². The first-order valence-corrected chi connectivity index (χ1v) is 5.56. The van der Waals surface area contributed by atoms with Crippen molar-refractivity contribution in [2.75, 3.05) is 0 Å². The van der Waals surface area contributed by atoms with Crippen molar-refractivity contribution in [3.8, 4) is 0 Å². The van der Waals surface area contributed by atoms with E-state index in [1.54, 1.807) is 12.4 Å². The normalized spacial score (nSPS) is 26.2. The first-order chi connectivity index (χ1) is 7.29. The van der Waals surface area contributed by atoms with Crippen LogP contribution in [0.1, 0.15) is 54.7 Å². The Labute approximate surface area is 89.9 Å². The maximum absolute atomic E-state index is 10.5. The average molecular weight is 204 g/mol. The topological polar surface area (TPSA) is 42.9 Å². The summed E-state index contributed by atoms with van der Waals surface area (Å²) < 4.78 is 0. The van der Waals surface area contributed by atoms with Crippen molar-refractivity contribution >= 4 is 6.29 Å². The molecule has 0 amide bonds. The Morgan fingerprint density at radius 2 is 2.07 bits per heavy atom. The van der Waals surface area contributed by atoms with Gasteiger partial charge in [0, 0.05) is 18.3 Å². The van der Waals surface area contributed by atoms with E-state index in [2.05, 4.69) is 16.9 Å². The van der Waals surface area contributed by atoms with Crippen molar-refractivity contribution in [2.45, 2.75) is 38.5 Å². The van der Waals surface area contributed by atoms with Crippen molar-refractivity contribution < 1.29 is 4.79 Å². The van der Waals surface area contributed by atoms with Gasteiger partial charge in [-0.3, -0.25) is 4.79 Å². The van der Waals surface area contributed by atoms with Crippen LogP contribution < -0.4 is 0 Å². The fourth-order valence-corrected chi connectivity index (χ4v) is 2.29. The monoisotopic (exact) mass is 204 g/mol. The first kappa shape index (κ1) is 10.3. The predicted octanol–water partition coefficient (Wildman–Crippen LogP) is 2.58. The van der Waals surface area contributed by atoms with Gasteiger partial charge in [0.05, 0.1) is 5.56 Å². The fourth-order valence-electron chi connectivity index (χ4n) is 2.29. The second-order valence-electron chi connectivity index (χ2n) is 4.46. The number of carbonyl (C=O) groups excluding carboxylic acids is 1. The molecule has 0 aliphatic heterocycles. The molecule has 1 aromatic heterocycles. The van der Waals surface area contributed by atoms with Gasteiger partial charge in [0.25, 0.3) is 0 Å². The first-order valence-electron chi connectivity index (χ1n) is 5.56. The lowest BCUT2D eigenvalue weighted by molar-refractivity contribution is 0.112. The van der Waals surface area contributed by atoms with Gasteiger partial charge in [-0.2, -0.15) is 0 Å². The Morgan fingerprint density at radius 1 is 1.33 bits per heavy atom. The highest BCUT2D eigenvalue weighted by molar-refractivity contribution is 5.73. The summed E-state index contributed by atoms with van der Waals surface area (Å²) in [5.74, 6) is 2.18. The van der Waals surface area contributed by atoms with Crippen LogP contribution >= 0.6 is 0 Å². The van der Waals surface area contributed by atoms with Crippen LogP contribution in [0.25, 0.3) is 0 Å². The Hall–Kier alpha value is -1.25. The Balaban J connectivity index is 2.11. The molecule has 2 rings (SSSR count). The zero-order valence-electron chi connectivity index (χ0n) is 9.02. The molecule has 1 saturated carbocycles. The number of aldehydes is 1. The van der Waals surface area contributed by atoms with Crippen LogP contribution in [0.5, 0.6) is 0 Å². The van der Waals surface area contributed by atoms with Crippen LogP contribution in [0.4, 0.5) is 0 Å². The number of hydrogen-bond donors (Lipinski definition) is 0. The molecule has 0 aromatic carbocycles. The molecule has 15 heavy (non-hydrogen) atoms. The highest BCUT2D eigenvalue weighted by Gasteiger charge is 2.22. The van der Waals surface area contributed by atoms with Gasteiger partial charge < -0.3 is 0 Å². The summed E-state index contributed by atoms with van der Waals surface area (Å²) in [5.41, 5.74) is 0.558. The third-order valence-electron chi connectivity index (χ3n) is 3.13. The van der Waals surface area contributed by atoms with E-state index in [4.69, 9.17) is 0 Å². The van der Waals surface area contributed by atoms with E-state index in [9.17, 15) is 4.79 Å². The van der Waals surface area contributed by atoms with Crippen molar-refractivity contribution in [2.24, 2.45) is 5.92 Å². The van der Waals surface area contributed by atoms with Crippen LogP contribution in [-0.2, 0) is 0 Å². The summed E-state index contributed by atoms with van der Waals surface area (Å²) in [7, 11) is 0. The number of carbonyl (C=O) groups is 1. The molecule has 0 saturated heterocycles. The van der Waals surface area contributed by atoms with Gasteiger partial charge in [0.1, 0.15) is 5.82 Å². The summed E-state index contributed by atoms with van der Waals surface area (Å²) in [4.78, 5) is 19.0. The maximum Gasteiger partial charge on any atom is 0.153 e. The average Bonchev–Trinajstić information content (AvgIpc) is 2.29. The van der Waals surface area contributed by atoms with E-state index in [-0.39, 0.29) is 0 Å². The molecule has 3 nitrogen and oxygen atoms in total. The van der Waals surface area contributed by atoms with Crippen LogP contribution in [-0.4, -0.2) is 16.3 Å². The molecule has 3 heteroatoms. The third kappa shape index (κ3) is 2.41. The molecule has 1 aliphatic carbocycles. The number of nitrogens with zero attached hydrogens (tertiary/aromatic N) is 2.